The Morgan fingerprint density at radius 3 is 2.65 bits per heavy atom. The quantitative estimate of drug-likeness (QED) is 0.801. The average molecular weight is 278 g/mol. The highest BCUT2D eigenvalue weighted by molar-refractivity contribution is 5.50. The van der Waals surface area contributed by atoms with Gasteiger partial charge in [0.15, 0.2) is 0 Å². The van der Waals surface area contributed by atoms with Crippen molar-refractivity contribution < 1.29 is 5.11 Å². The van der Waals surface area contributed by atoms with Gasteiger partial charge in [0.25, 0.3) is 0 Å². The zero-order valence-corrected chi connectivity index (χ0v) is 12.6. The lowest BCUT2D eigenvalue weighted by Crippen LogP contribution is -2.36. The number of anilines is 2. The number of nitrogens with one attached hydrogen (secondary N) is 1. The van der Waals surface area contributed by atoms with Crippen LogP contribution in [0.25, 0.3) is 0 Å². The van der Waals surface area contributed by atoms with Gasteiger partial charge in [-0.3, -0.25) is 0 Å². The Bertz CT molecular complexity index is 418. The van der Waals surface area contributed by atoms with E-state index in [2.05, 4.69) is 34.0 Å². The normalized spacial score (nSPS) is 15.6. The fourth-order valence-electron chi connectivity index (χ4n) is 2.87. The largest absolute Gasteiger partial charge is 0.395 e. The van der Waals surface area contributed by atoms with Crippen molar-refractivity contribution in [2.45, 2.75) is 52.0 Å². The average Bonchev–Trinajstić information content (AvgIpc) is 2.98. The number of aromatic nitrogens is 2. The van der Waals surface area contributed by atoms with Gasteiger partial charge >= 0.3 is 0 Å². The molecule has 5 heteroatoms. The molecule has 0 saturated heterocycles. The third kappa shape index (κ3) is 3.60. The topological polar surface area (TPSA) is 61.3 Å². The molecule has 1 aliphatic rings. The van der Waals surface area contributed by atoms with Crippen molar-refractivity contribution in [3.05, 3.63) is 11.9 Å². The lowest BCUT2D eigenvalue weighted by atomic mass is 10.2. The number of rotatable bonds is 7. The summed E-state index contributed by atoms with van der Waals surface area (Å²) in [6, 6.07) is 2.52. The monoisotopic (exact) mass is 278 g/mol. The van der Waals surface area contributed by atoms with Gasteiger partial charge in [0.1, 0.15) is 17.5 Å². The molecule has 1 aromatic rings. The summed E-state index contributed by atoms with van der Waals surface area (Å²) in [5.41, 5.74) is 0. The summed E-state index contributed by atoms with van der Waals surface area (Å²) in [4.78, 5) is 11.4. The Morgan fingerprint density at radius 1 is 1.30 bits per heavy atom. The summed E-state index contributed by atoms with van der Waals surface area (Å²) in [6.07, 6.45) is 5.77. The van der Waals surface area contributed by atoms with Crippen molar-refractivity contribution in [2.24, 2.45) is 0 Å². The molecule has 1 heterocycles. The van der Waals surface area contributed by atoms with E-state index in [1.807, 2.05) is 6.07 Å². The van der Waals surface area contributed by atoms with E-state index < -0.39 is 0 Å². The molecule has 1 aliphatic carbocycles. The van der Waals surface area contributed by atoms with Gasteiger partial charge in [0.2, 0.25) is 0 Å². The van der Waals surface area contributed by atoms with Crippen LogP contribution in [0.3, 0.4) is 0 Å². The van der Waals surface area contributed by atoms with Crippen molar-refractivity contribution in [1.82, 2.24) is 9.97 Å². The van der Waals surface area contributed by atoms with Gasteiger partial charge in [-0.1, -0.05) is 19.8 Å². The Morgan fingerprint density at radius 2 is 2.05 bits per heavy atom. The van der Waals surface area contributed by atoms with E-state index in [-0.39, 0.29) is 6.61 Å². The third-order valence-electron chi connectivity index (χ3n) is 3.83. The minimum absolute atomic E-state index is 0.165. The predicted octanol–water partition coefficient (Wildman–Crippen LogP) is 2.21. The molecule has 0 aliphatic heterocycles. The SMILES string of the molecule is CCNc1cc(N(CCO)C2CCCC2)nc(CC)n1. The van der Waals surface area contributed by atoms with Crippen LogP contribution in [0.5, 0.6) is 0 Å². The molecule has 1 aromatic heterocycles. The molecule has 5 nitrogen and oxygen atoms in total. The molecule has 112 valence electrons. The van der Waals surface area contributed by atoms with E-state index in [9.17, 15) is 5.11 Å². The summed E-state index contributed by atoms with van der Waals surface area (Å²) in [6.45, 7) is 5.80. The highest BCUT2D eigenvalue weighted by Gasteiger charge is 2.24. The maximum atomic E-state index is 9.36. The molecule has 0 amide bonds. The molecule has 0 aromatic carbocycles. The molecule has 0 atom stereocenters. The molecule has 1 fully saturated rings. The molecule has 2 rings (SSSR count). The summed E-state index contributed by atoms with van der Waals surface area (Å²) >= 11 is 0. The summed E-state index contributed by atoms with van der Waals surface area (Å²) in [5, 5.41) is 12.6. The second-order valence-corrected chi connectivity index (χ2v) is 5.27. The first-order chi connectivity index (χ1) is 9.78. The van der Waals surface area contributed by atoms with Crippen LogP contribution in [0, 0.1) is 0 Å². The number of hydrogen-bond donors (Lipinski definition) is 2. The van der Waals surface area contributed by atoms with E-state index >= 15 is 0 Å². The van der Waals surface area contributed by atoms with Crippen LogP contribution in [0.4, 0.5) is 11.6 Å². The van der Waals surface area contributed by atoms with E-state index in [0.29, 0.717) is 12.6 Å². The fourth-order valence-corrected chi connectivity index (χ4v) is 2.87. The Hall–Kier alpha value is -1.36. The molecule has 2 N–H and O–H groups in total. The fraction of sp³-hybridized carbons (Fsp3) is 0.733. The van der Waals surface area contributed by atoms with E-state index in [0.717, 1.165) is 30.4 Å². The first-order valence-electron chi connectivity index (χ1n) is 7.77. The standard InChI is InChI=1S/C15H26N4O/c1-3-13-17-14(16-4-2)11-15(18-13)19(9-10-20)12-7-5-6-8-12/h11-12,20H,3-10H2,1-2H3,(H,16,17,18). The van der Waals surface area contributed by atoms with Crippen LogP contribution < -0.4 is 10.2 Å². The highest BCUT2D eigenvalue weighted by atomic mass is 16.3. The molecule has 0 spiro atoms. The lowest BCUT2D eigenvalue weighted by Gasteiger charge is -2.30. The summed E-state index contributed by atoms with van der Waals surface area (Å²) in [7, 11) is 0. The van der Waals surface area contributed by atoms with Crippen molar-refractivity contribution in [1.29, 1.82) is 0 Å². The smallest absolute Gasteiger partial charge is 0.134 e. The number of aliphatic hydroxyl groups is 1. The van der Waals surface area contributed by atoms with E-state index in [1.54, 1.807) is 0 Å². The van der Waals surface area contributed by atoms with Gasteiger partial charge in [-0.15, -0.1) is 0 Å². The van der Waals surface area contributed by atoms with Crippen molar-refractivity contribution in [3.63, 3.8) is 0 Å². The van der Waals surface area contributed by atoms with Gasteiger partial charge in [-0.05, 0) is 19.8 Å². The lowest BCUT2D eigenvalue weighted by molar-refractivity contribution is 0.296. The van der Waals surface area contributed by atoms with Crippen LogP contribution in [0.1, 0.15) is 45.4 Å². The Kier molecular flexibility index (Phi) is 5.59. The summed E-state index contributed by atoms with van der Waals surface area (Å²) in [5.74, 6) is 2.70. The molecule has 0 bridgehead atoms. The third-order valence-corrected chi connectivity index (χ3v) is 3.83. The number of hydrogen-bond acceptors (Lipinski definition) is 5. The zero-order chi connectivity index (χ0) is 14.4. The van der Waals surface area contributed by atoms with Crippen molar-refractivity contribution >= 4 is 11.6 Å². The van der Waals surface area contributed by atoms with Gasteiger partial charge in [0.05, 0.1) is 6.61 Å². The maximum Gasteiger partial charge on any atom is 0.134 e. The molecule has 1 saturated carbocycles. The highest BCUT2D eigenvalue weighted by Crippen LogP contribution is 2.28. The van der Waals surface area contributed by atoms with E-state index in [4.69, 9.17) is 0 Å². The number of aryl methyl sites for hydroxylation is 1. The number of nitrogens with zero attached hydrogens (tertiary/aromatic N) is 3. The predicted molar refractivity (Wildman–Crippen MR) is 82.3 cm³/mol. The Balaban J connectivity index is 2.27. The second-order valence-electron chi connectivity index (χ2n) is 5.27. The van der Waals surface area contributed by atoms with Crippen LogP contribution in [-0.2, 0) is 6.42 Å². The van der Waals surface area contributed by atoms with E-state index in [1.165, 1.54) is 25.7 Å². The van der Waals surface area contributed by atoms with Crippen molar-refractivity contribution in [3.8, 4) is 0 Å². The zero-order valence-electron chi connectivity index (χ0n) is 12.6. The Labute approximate surface area is 121 Å². The minimum Gasteiger partial charge on any atom is -0.395 e. The first-order valence-corrected chi connectivity index (χ1v) is 7.77. The molecule has 20 heavy (non-hydrogen) atoms. The van der Waals surface area contributed by atoms with Gasteiger partial charge in [-0.25, -0.2) is 9.97 Å². The molecular formula is C15H26N4O. The van der Waals surface area contributed by atoms with Gasteiger partial charge in [-0.2, -0.15) is 0 Å². The van der Waals surface area contributed by atoms with Crippen LogP contribution in [-0.4, -0.2) is 40.8 Å². The van der Waals surface area contributed by atoms with Crippen LogP contribution in [0.15, 0.2) is 6.07 Å². The van der Waals surface area contributed by atoms with Crippen LogP contribution in [0.2, 0.25) is 0 Å². The second kappa shape index (κ2) is 7.43. The first kappa shape index (κ1) is 15.0. The maximum absolute atomic E-state index is 9.36. The van der Waals surface area contributed by atoms with Gasteiger partial charge < -0.3 is 15.3 Å². The molecular weight excluding hydrogens is 252 g/mol. The van der Waals surface area contributed by atoms with Crippen molar-refractivity contribution in [2.75, 3.05) is 29.9 Å². The van der Waals surface area contributed by atoms with Gasteiger partial charge in [0, 0.05) is 31.6 Å². The summed E-state index contributed by atoms with van der Waals surface area (Å²) < 4.78 is 0. The molecule has 0 unspecified atom stereocenters. The minimum atomic E-state index is 0.165. The van der Waals surface area contributed by atoms with Crippen LogP contribution >= 0.6 is 0 Å². The number of aliphatic hydroxyl groups excluding tert-OH is 1. The molecule has 0 radical (unpaired) electrons.